The molecule has 0 spiro atoms. The first kappa shape index (κ1) is 21.3. The lowest BCUT2D eigenvalue weighted by molar-refractivity contribution is -0.139. The summed E-state index contributed by atoms with van der Waals surface area (Å²) in [5, 5.41) is 4.67. The first-order valence-electron chi connectivity index (χ1n) is 12.1. The zero-order chi connectivity index (χ0) is 21.0. The van der Waals surface area contributed by atoms with Crippen LogP contribution in [0.25, 0.3) is 0 Å². The van der Waals surface area contributed by atoms with Crippen LogP contribution >= 0.6 is 0 Å². The van der Waals surface area contributed by atoms with Crippen LogP contribution in [0.1, 0.15) is 92.4 Å². The van der Waals surface area contributed by atoms with Crippen LogP contribution in [0.5, 0.6) is 0 Å². The monoisotopic (exact) mass is 402 g/mol. The molecule has 164 valence electrons. The Morgan fingerprint density at radius 1 is 1.07 bits per heavy atom. The molecule has 4 aliphatic rings. The molecule has 0 amide bonds. The molecule has 1 unspecified atom stereocenters. The highest BCUT2D eigenvalue weighted by Gasteiger charge is 2.61. The lowest BCUT2D eigenvalue weighted by Crippen LogP contribution is -2.56. The SMILES string of the molecule is CC[C@@H]1/C(=N/OC(C)(C)CN)CC[C@@]2(C)C1CC[C@@H]1[C@@H]2CC[C@]2(C)C(=O)CC[C@@H]12. The lowest BCUT2D eigenvalue weighted by atomic mass is 9.43. The molecule has 0 radical (unpaired) electrons. The van der Waals surface area contributed by atoms with E-state index in [1.54, 1.807) is 0 Å². The Kier molecular flexibility index (Phi) is 5.41. The summed E-state index contributed by atoms with van der Waals surface area (Å²) in [4.78, 5) is 18.5. The van der Waals surface area contributed by atoms with E-state index in [-0.39, 0.29) is 5.41 Å². The number of hydrogen-bond acceptors (Lipinski definition) is 4. The van der Waals surface area contributed by atoms with E-state index in [9.17, 15) is 4.79 Å². The number of carbonyl (C=O) groups is 1. The van der Waals surface area contributed by atoms with Crippen molar-refractivity contribution in [3.63, 3.8) is 0 Å². The second kappa shape index (κ2) is 7.35. The molecule has 0 saturated heterocycles. The predicted molar refractivity (Wildman–Crippen MR) is 118 cm³/mol. The second-order valence-corrected chi connectivity index (χ2v) is 11.6. The highest BCUT2D eigenvalue weighted by atomic mass is 16.6. The largest absolute Gasteiger partial charge is 0.389 e. The van der Waals surface area contributed by atoms with Gasteiger partial charge in [0.1, 0.15) is 11.4 Å². The van der Waals surface area contributed by atoms with Crippen molar-refractivity contribution in [3.05, 3.63) is 0 Å². The predicted octanol–water partition coefficient (Wildman–Crippen LogP) is 5.34. The minimum Gasteiger partial charge on any atom is -0.389 e. The summed E-state index contributed by atoms with van der Waals surface area (Å²) in [6.45, 7) is 11.7. The fourth-order valence-electron chi connectivity index (χ4n) is 7.96. The third-order valence-electron chi connectivity index (χ3n) is 9.83. The Morgan fingerprint density at radius 3 is 2.52 bits per heavy atom. The normalized spacial score (nSPS) is 46.2. The van der Waals surface area contributed by atoms with Gasteiger partial charge in [-0.05, 0) is 94.3 Å². The van der Waals surface area contributed by atoms with E-state index < -0.39 is 5.60 Å². The van der Waals surface area contributed by atoms with Crippen molar-refractivity contribution in [3.8, 4) is 0 Å². The van der Waals surface area contributed by atoms with Gasteiger partial charge in [0.15, 0.2) is 0 Å². The third kappa shape index (κ3) is 3.28. The van der Waals surface area contributed by atoms with Gasteiger partial charge in [-0.3, -0.25) is 4.79 Å². The second-order valence-electron chi connectivity index (χ2n) is 11.6. The molecule has 7 atom stereocenters. The summed E-state index contributed by atoms with van der Waals surface area (Å²) in [7, 11) is 0. The molecule has 0 aromatic rings. The van der Waals surface area contributed by atoms with Gasteiger partial charge in [0.2, 0.25) is 0 Å². The minimum absolute atomic E-state index is 0.0164. The molecule has 0 heterocycles. The highest BCUT2D eigenvalue weighted by molar-refractivity contribution is 5.88. The van der Waals surface area contributed by atoms with Crippen molar-refractivity contribution < 1.29 is 9.63 Å². The Hall–Kier alpha value is -0.900. The molecule has 4 fully saturated rings. The maximum absolute atomic E-state index is 12.6. The van der Waals surface area contributed by atoms with Gasteiger partial charge in [0.05, 0.1) is 5.71 Å². The van der Waals surface area contributed by atoms with Crippen LogP contribution in [-0.2, 0) is 9.63 Å². The molecule has 4 rings (SSSR count). The number of Topliss-reactive ketones (excluding diaryl/α,β-unsaturated/α-hetero) is 1. The zero-order valence-electron chi connectivity index (χ0n) is 19.3. The molecule has 0 aliphatic heterocycles. The number of nitrogens with two attached hydrogens (primary N) is 1. The molecular weight excluding hydrogens is 360 g/mol. The van der Waals surface area contributed by atoms with E-state index >= 15 is 0 Å². The molecule has 0 bridgehead atoms. The van der Waals surface area contributed by atoms with E-state index in [0.717, 1.165) is 43.9 Å². The summed E-state index contributed by atoms with van der Waals surface area (Å²) < 4.78 is 0. The average Bonchev–Trinajstić information content (AvgIpc) is 3.00. The Morgan fingerprint density at radius 2 is 1.83 bits per heavy atom. The van der Waals surface area contributed by atoms with Crippen LogP contribution < -0.4 is 5.73 Å². The molecule has 4 saturated carbocycles. The van der Waals surface area contributed by atoms with Gasteiger partial charge in [-0.15, -0.1) is 0 Å². The number of carbonyl (C=O) groups excluding carboxylic acids is 1. The number of ketones is 1. The summed E-state index contributed by atoms with van der Waals surface area (Å²) in [5.74, 6) is 3.95. The number of nitrogens with zero attached hydrogens (tertiary/aromatic N) is 1. The number of fused-ring (bicyclic) bond motifs is 5. The smallest absolute Gasteiger partial charge is 0.144 e. The molecule has 4 aliphatic carbocycles. The lowest BCUT2D eigenvalue weighted by Gasteiger charge is -2.61. The number of hydrogen-bond donors (Lipinski definition) is 1. The molecule has 0 aromatic heterocycles. The summed E-state index contributed by atoms with van der Waals surface area (Å²) in [5.41, 5.74) is 7.08. The Balaban J connectivity index is 1.57. The van der Waals surface area contributed by atoms with Crippen LogP contribution in [0.3, 0.4) is 0 Å². The molecule has 2 N–H and O–H groups in total. The Bertz CT molecular complexity index is 686. The standard InChI is InChI=1S/C25H42N2O2/c1-6-16-18-8-7-17-19-9-10-22(28)25(19,5)13-11-20(17)24(18,4)14-12-21(16)27-29-23(2,3)15-26/h16-20H,6-15,26H2,1-5H3/b27-21+/t16-,17-,18?,19-,20-,24-,25-/m0/s1. The highest BCUT2D eigenvalue weighted by Crippen LogP contribution is 2.66. The number of rotatable bonds is 4. The average molecular weight is 403 g/mol. The van der Waals surface area contributed by atoms with E-state index in [1.807, 2.05) is 13.8 Å². The molecule has 0 aromatic carbocycles. The quantitative estimate of drug-likeness (QED) is 0.645. The van der Waals surface area contributed by atoms with Crippen molar-refractivity contribution in [2.45, 2.75) is 98.0 Å². The van der Waals surface area contributed by atoms with Crippen LogP contribution in [0, 0.1) is 40.4 Å². The van der Waals surface area contributed by atoms with Gasteiger partial charge in [-0.25, -0.2) is 0 Å². The molecule has 4 heteroatoms. The topological polar surface area (TPSA) is 64.7 Å². The van der Waals surface area contributed by atoms with Crippen LogP contribution in [0.4, 0.5) is 0 Å². The van der Waals surface area contributed by atoms with Crippen molar-refractivity contribution in [1.29, 1.82) is 0 Å². The molecule has 4 nitrogen and oxygen atoms in total. The van der Waals surface area contributed by atoms with E-state index in [2.05, 4.69) is 25.9 Å². The van der Waals surface area contributed by atoms with Crippen molar-refractivity contribution in [2.24, 2.45) is 51.3 Å². The number of oxime groups is 1. The maximum Gasteiger partial charge on any atom is 0.144 e. The van der Waals surface area contributed by atoms with Crippen LogP contribution in [-0.4, -0.2) is 23.6 Å². The molecule has 29 heavy (non-hydrogen) atoms. The third-order valence-corrected chi connectivity index (χ3v) is 9.83. The van der Waals surface area contributed by atoms with Crippen molar-refractivity contribution >= 4 is 11.5 Å². The zero-order valence-corrected chi connectivity index (χ0v) is 19.3. The van der Waals surface area contributed by atoms with Crippen molar-refractivity contribution in [1.82, 2.24) is 0 Å². The van der Waals surface area contributed by atoms with E-state index in [4.69, 9.17) is 10.6 Å². The Labute approximate surface area is 177 Å². The van der Waals surface area contributed by atoms with Crippen LogP contribution in [0.15, 0.2) is 5.16 Å². The minimum atomic E-state index is -0.396. The first-order chi connectivity index (χ1) is 13.7. The van der Waals surface area contributed by atoms with E-state index in [0.29, 0.717) is 35.5 Å². The van der Waals surface area contributed by atoms with Gasteiger partial charge >= 0.3 is 0 Å². The fraction of sp³-hybridized carbons (Fsp3) is 0.920. The maximum atomic E-state index is 12.6. The van der Waals surface area contributed by atoms with Gasteiger partial charge < -0.3 is 10.6 Å². The van der Waals surface area contributed by atoms with Crippen molar-refractivity contribution in [2.75, 3.05) is 6.54 Å². The summed E-state index contributed by atoms with van der Waals surface area (Å²) in [6.07, 6.45) is 10.3. The van der Waals surface area contributed by atoms with Gasteiger partial charge in [0.25, 0.3) is 0 Å². The van der Waals surface area contributed by atoms with Gasteiger partial charge in [-0.1, -0.05) is 25.9 Å². The summed E-state index contributed by atoms with van der Waals surface area (Å²) in [6, 6.07) is 0. The van der Waals surface area contributed by atoms with Crippen LogP contribution in [0.2, 0.25) is 0 Å². The first-order valence-corrected chi connectivity index (χ1v) is 12.1. The van der Waals surface area contributed by atoms with Gasteiger partial charge in [-0.2, -0.15) is 0 Å². The van der Waals surface area contributed by atoms with Gasteiger partial charge in [0, 0.05) is 24.3 Å². The molecular formula is C25H42N2O2. The summed E-state index contributed by atoms with van der Waals surface area (Å²) >= 11 is 0. The fourth-order valence-corrected chi connectivity index (χ4v) is 7.96. The van der Waals surface area contributed by atoms with E-state index in [1.165, 1.54) is 31.4 Å².